The summed E-state index contributed by atoms with van der Waals surface area (Å²) in [7, 11) is 0. The predicted octanol–water partition coefficient (Wildman–Crippen LogP) is 5.37. The highest BCUT2D eigenvalue weighted by Crippen LogP contribution is 2.37. The van der Waals surface area contributed by atoms with Crippen molar-refractivity contribution in [2.24, 2.45) is 0 Å². The van der Waals surface area contributed by atoms with Crippen LogP contribution in [0.1, 0.15) is 18.1 Å². The Morgan fingerprint density at radius 2 is 1.87 bits per heavy atom. The van der Waals surface area contributed by atoms with Crippen molar-refractivity contribution in [3.63, 3.8) is 0 Å². The predicted molar refractivity (Wildman–Crippen MR) is 149 cm³/mol. The molecular weight excluding hydrogens is 543 g/mol. The van der Waals surface area contributed by atoms with Crippen LogP contribution in [0.25, 0.3) is 6.08 Å². The number of nitrogens with zero attached hydrogens (tertiary/aromatic N) is 1. The average molecular weight is 567 g/mol. The first-order chi connectivity index (χ1) is 18.9. The van der Waals surface area contributed by atoms with Crippen LogP contribution >= 0.6 is 24.0 Å². The molecule has 3 aromatic rings. The van der Waals surface area contributed by atoms with Gasteiger partial charge in [0.05, 0.1) is 18.1 Å². The molecule has 2 heterocycles. The molecule has 200 valence electrons. The van der Waals surface area contributed by atoms with E-state index in [4.69, 9.17) is 31.2 Å². The van der Waals surface area contributed by atoms with Gasteiger partial charge in [-0.1, -0.05) is 36.1 Å². The fraction of sp³-hybridized carbons (Fsp3) is 0.179. The molecule has 5 rings (SSSR count). The van der Waals surface area contributed by atoms with Gasteiger partial charge in [-0.25, -0.2) is 4.39 Å². The summed E-state index contributed by atoms with van der Waals surface area (Å²) < 4.78 is 35.7. The second kappa shape index (κ2) is 11.7. The third-order valence-electron chi connectivity index (χ3n) is 5.70. The monoisotopic (exact) mass is 566 g/mol. The third-order valence-corrected chi connectivity index (χ3v) is 7.08. The molecule has 1 saturated heterocycles. The second-order valence-corrected chi connectivity index (χ2v) is 10.1. The van der Waals surface area contributed by atoms with Crippen LogP contribution in [0.4, 0.5) is 10.1 Å². The summed E-state index contributed by atoms with van der Waals surface area (Å²) in [6.45, 7) is 2.43. The van der Waals surface area contributed by atoms with E-state index < -0.39 is 11.7 Å². The summed E-state index contributed by atoms with van der Waals surface area (Å²) in [6, 6.07) is 16.2. The van der Waals surface area contributed by atoms with Crippen molar-refractivity contribution in [2.45, 2.75) is 13.5 Å². The molecular formula is C28H23FN2O6S2. The lowest BCUT2D eigenvalue weighted by atomic mass is 10.1. The Kier molecular flexibility index (Phi) is 7.99. The number of fused-ring (bicyclic) bond motifs is 1. The number of amides is 2. The molecule has 1 N–H and O–H groups in total. The van der Waals surface area contributed by atoms with Gasteiger partial charge in [0.2, 0.25) is 6.79 Å². The smallest absolute Gasteiger partial charge is 0.266 e. The molecule has 2 aliphatic rings. The Balaban J connectivity index is 1.25. The van der Waals surface area contributed by atoms with Crippen LogP contribution in [0.15, 0.2) is 65.6 Å². The van der Waals surface area contributed by atoms with Crippen LogP contribution in [-0.2, 0) is 16.1 Å². The van der Waals surface area contributed by atoms with Crippen molar-refractivity contribution in [3.8, 4) is 23.0 Å². The van der Waals surface area contributed by atoms with Gasteiger partial charge >= 0.3 is 0 Å². The van der Waals surface area contributed by atoms with Crippen molar-refractivity contribution >= 4 is 51.9 Å². The van der Waals surface area contributed by atoms with Gasteiger partial charge < -0.3 is 24.3 Å². The van der Waals surface area contributed by atoms with Crippen molar-refractivity contribution in [1.29, 1.82) is 0 Å². The lowest BCUT2D eigenvalue weighted by Crippen LogP contribution is -2.27. The normalized spacial score (nSPS) is 15.1. The summed E-state index contributed by atoms with van der Waals surface area (Å²) >= 11 is 6.70. The number of ether oxygens (including phenoxy) is 4. The first-order valence-electron chi connectivity index (χ1n) is 12.0. The number of benzene rings is 3. The fourth-order valence-electron chi connectivity index (χ4n) is 3.89. The minimum atomic E-state index is -0.403. The average Bonchev–Trinajstić information content (AvgIpc) is 3.49. The number of carbonyl (C=O) groups is 2. The summed E-state index contributed by atoms with van der Waals surface area (Å²) in [5.41, 5.74) is 2.05. The third kappa shape index (κ3) is 6.32. The summed E-state index contributed by atoms with van der Waals surface area (Å²) in [6.07, 6.45) is 1.74. The van der Waals surface area contributed by atoms with Gasteiger partial charge in [0.25, 0.3) is 11.8 Å². The molecule has 2 amide bonds. The number of nitrogens with one attached hydrogen (secondary N) is 1. The van der Waals surface area contributed by atoms with Crippen molar-refractivity contribution < 1.29 is 32.9 Å². The highest BCUT2D eigenvalue weighted by atomic mass is 32.2. The number of rotatable bonds is 9. The molecule has 8 nitrogen and oxygen atoms in total. The minimum Gasteiger partial charge on any atom is -0.490 e. The molecule has 0 spiro atoms. The summed E-state index contributed by atoms with van der Waals surface area (Å²) in [5.74, 6) is 1.13. The molecule has 0 aromatic heterocycles. The maximum absolute atomic E-state index is 13.2. The van der Waals surface area contributed by atoms with Gasteiger partial charge in [-0.3, -0.25) is 14.5 Å². The Hall–Kier alpha value is -4.09. The Labute approximate surface area is 233 Å². The number of hydrogen-bond acceptors (Lipinski definition) is 8. The molecule has 1 fully saturated rings. The molecule has 0 radical (unpaired) electrons. The molecule has 0 saturated carbocycles. The molecule has 0 atom stereocenters. The number of carbonyl (C=O) groups excluding carboxylic acids is 2. The van der Waals surface area contributed by atoms with Crippen LogP contribution in [0.3, 0.4) is 0 Å². The van der Waals surface area contributed by atoms with E-state index in [9.17, 15) is 14.0 Å². The highest BCUT2D eigenvalue weighted by molar-refractivity contribution is 8.26. The van der Waals surface area contributed by atoms with Gasteiger partial charge in [0.1, 0.15) is 10.1 Å². The standard InChI is InChI=1S/C28H23FN2O6S2/c1-2-34-23-11-17(3-9-21(23)35-15-26(32)30-20-7-5-19(29)6-8-20)13-25-27(33)31(28(38)39-25)14-18-4-10-22-24(12-18)37-16-36-22/h3-13H,2,14-16H2,1H3,(H,30,32)/b25-13-. The van der Waals surface area contributed by atoms with Crippen LogP contribution in [0.2, 0.25) is 0 Å². The van der Waals surface area contributed by atoms with Gasteiger partial charge in [0, 0.05) is 5.69 Å². The molecule has 0 bridgehead atoms. The number of anilines is 1. The van der Waals surface area contributed by atoms with Crippen LogP contribution in [-0.4, -0.2) is 41.0 Å². The van der Waals surface area contributed by atoms with E-state index >= 15 is 0 Å². The van der Waals surface area contributed by atoms with Gasteiger partial charge in [0.15, 0.2) is 29.6 Å². The molecule has 0 unspecified atom stereocenters. The minimum absolute atomic E-state index is 0.180. The van der Waals surface area contributed by atoms with E-state index in [0.717, 1.165) is 5.56 Å². The summed E-state index contributed by atoms with van der Waals surface area (Å²) in [4.78, 5) is 27.5. The van der Waals surface area contributed by atoms with E-state index in [-0.39, 0.29) is 19.3 Å². The van der Waals surface area contributed by atoms with E-state index in [1.54, 1.807) is 29.2 Å². The van der Waals surface area contributed by atoms with Crippen LogP contribution in [0, 0.1) is 5.82 Å². The fourth-order valence-corrected chi connectivity index (χ4v) is 5.14. The van der Waals surface area contributed by atoms with E-state index in [1.807, 2.05) is 25.1 Å². The van der Waals surface area contributed by atoms with Gasteiger partial charge in [-0.2, -0.15) is 0 Å². The Bertz CT molecular complexity index is 1460. The maximum atomic E-state index is 13.2. The first-order valence-corrected chi connectivity index (χ1v) is 13.2. The number of thiocarbonyl (C=S) groups is 1. The molecule has 11 heteroatoms. The molecule has 0 aliphatic carbocycles. The van der Waals surface area contributed by atoms with E-state index in [0.29, 0.717) is 56.6 Å². The first kappa shape index (κ1) is 26.5. The largest absolute Gasteiger partial charge is 0.490 e. The van der Waals surface area contributed by atoms with Crippen LogP contribution in [0.5, 0.6) is 23.0 Å². The van der Waals surface area contributed by atoms with Crippen LogP contribution < -0.4 is 24.3 Å². The lowest BCUT2D eigenvalue weighted by molar-refractivity contribution is -0.122. The van der Waals surface area contributed by atoms with E-state index in [1.165, 1.54) is 36.0 Å². The van der Waals surface area contributed by atoms with Crippen molar-refractivity contribution in [1.82, 2.24) is 4.90 Å². The van der Waals surface area contributed by atoms with Gasteiger partial charge in [-0.15, -0.1) is 0 Å². The lowest BCUT2D eigenvalue weighted by Gasteiger charge is -2.15. The Morgan fingerprint density at radius 3 is 2.67 bits per heavy atom. The molecule has 39 heavy (non-hydrogen) atoms. The maximum Gasteiger partial charge on any atom is 0.266 e. The van der Waals surface area contributed by atoms with Gasteiger partial charge in [-0.05, 0) is 72.7 Å². The quantitative estimate of drug-likeness (QED) is 0.273. The zero-order valence-electron chi connectivity index (χ0n) is 20.8. The number of thioether (sulfide) groups is 1. The Morgan fingerprint density at radius 1 is 1.08 bits per heavy atom. The number of halogens is 1. The SMILES string of the molecule is CCOc1cc(/C=C2\SC(=S)N(Cc3ccc4c(c3)OCO4)C2=O)ccc1OCC(=O)Nc1ccc(F)cc1. The number of hydrogen-bond donors (Lipinski definition) is 1. The zero-order chi connectivity index (χ0) is 27.4. The van der Waals surface area contributed by atoms with Crippen molar-refractivity contribution in [3.05, 3.63) is 82.5 Å². The zero-order valence-corrected chi connectivity index (χ0v) is 22.4. The van der Waals surface area contributed by atoms with E-state index in [2.05, 4.69) is 5.32 Å². The van der Waals surface area contributed by atoms with Crippen molar-refractivity contribution in [2.75, 3.05) is 25.3 Å². The molecule has 3 aromatic carbocycles. The summed E-state index contributed by atoms with van der Waals surface area (Å²) in [5, 5.41) is 2.64. The topological polar surface area (TPSA) is 86.3 Å². The highest BCUT2D eigenvalue weighted by Gasteiger charge is 2.32. The molecule has 2 aliphatic heterocycles. The second-order valence-electron chi connectivity index (χ2n) is 8.44.